The molecule has 6 heterocycles. The lowest BCUT2D eigenvalue weighted by Crippen LogP contribution is -2.56. The third-order valence-electron chi connectivity index (χ3n) is 8.35. The van der Waals surface area contributed by atoms with Crippen LogP contribution < -0.4 is 10.2 Å². The largest absolute Gasteiger partial charge is 0.471 e. The second-order valence-corrected chi connectivity index (χ2v) is 11.2. The summed E-state index contributed by atoms with van der Waals surface area (Å²) in [6, 6.07) is 10.6. The minimum absolute atomic E-state index is 0.191. The van der Waals surface area contributed by atoms with E-state index in [0.29, 0.717) is 24.0 Å². The zero-order chi connectivity index (χ0) is 29.9. The Labute approximate surface area is 249 Å². The first kappa shape index (κ1) is 28.8. The summed E-state index contributed by atoms with van der Waals surface area (Å²) in [7, 11) is 3.42. The molecule has 1 N–H and O–H groups in total. The first-order chi connectivity index (χ1) is 20.9. The summed E-state index contributed by atoms with van der Waals surface area (Å²) in [5.74, 6) is 0.235. The van der Waals surface area contributed by atoms with Crippen molar-refractivity contribution in [2.24, 2.45) is 0 Å². The fourth-order valence-corrected chi connectivity index (χ4v) is 5.65. The Balaban J connectivity index is 0.000000777. The number of rotatable bonds is 7. The van der Waals surface area contributed by atoms with Crippen LogP contribution >= 0.6 is 0 Å². The van der Waals surface area contributed by atoms with E-state index >= 15 is 0 Å². The number of fused-ring (bicyclic) bond motifs is 1. The standard InChI is InChI=1S/C28H33N9O2.C2H4O2/c1-19-3-4-22(37-30-14-26(32-37)20-15-33(2)16-20)11-25(19)31-28(38)24-13-29-36-6-5-21(12-27(24)36)34-7-9-35(10-8-34)23-17-39-18-23;1-4-2-3/h3-6,11-14,20,23H,7-10,15-18H2,1-2H3,(H,31,38);2H,1H3. The number of nitrogens with zero attached hydrogens (tertiary/aromatic N) is 8. The van der Waals surface area contributed by atoms with Crippen molar-refractivity contribution in [2.45, 2.75) is 18.9 Å². The minimum atomic E-state index is -0.191. The fourth-order valence-electron chi connectivity index (χ4n) is 5.65. The number of hydrogen-bond acceptors (Lipinski definition) is 10. The Hall–Kier alpha value is -4.33. The van der Waals surface area contributed by atoms with E-state index in [1.807, 2.05) is 37.5 Å². The van der Waals surface area contributed by atoms with Crippen molar-refractivity contribution in [1.82, 2.24) is 34.4 Å². The van der Waals surface area contributed by atoms with Crippen LogP contribution in [0.15, 0.2) is 48.9 Å². The average molecular weight is 588 g/mol. The van der Waals surface area contributed by atoms with E-state index in [0.717, 1.165) is 86.3 Å². The second-order valence-electron chi connectivity index (χ2n) is 11.2. The van der Waals surface area contributed by atoms with Crippen LogP contribution in [0.5, 0.6) is 0 Å². The van der Waals surface area contributed by atoms with Crippen LogP contribution in [0.4, 0.5) is 11.4 Å². The summed E-state index contributed by atoms with van der Waals surface area (Å²) >= 11 is 0. The number of benzene rings is 1. The number of piperazine rings is 1. The maximum atomic E-state index is 13.5. The third-order valence-corrected chi connectivity index (χ3v) is 8.35. The molecule has 13 heteroatoms. The van der Waals surface area contributed by atoms with Gasteiger partial charge in [-0.3, -0.25) is 14.5 Å². The molecule has 1 aromatic carbocycles. The number of carbonyl (C=O) groups is 2. The molecule has 0 atom stereocenters. The van der Waals surface area contributed by atoms with E-state index in [1.54, 1.807) is 15.5 Å². The predicted octanol–water partition coefficient (Wildman–Crippen LogP) is 1.81. The highest BCUT2D eigenvalue weighted by atomic mass is 16.5. The highest BCUT2D eigenvalue weighted by Crippen LogP contribution is 2.26. The number of likely N-dealkylation sites (tertiary alicyclic amines) is 1. The molecule has 1 amide bonds. The first-order valence-corrected chi connectivity index (χ1v) is 14.5. The molecule has 43 heavy (non-hydrogen) atoms. The summed E-state index contributed by atoms with van der Waals surface area (Å²) in [6.07, 6.45) is 5.41. The van der Waals surface area contributed by atoms with Gasteiger partial charge in [-0.2, -0.15) is 20.1 Å². The first-order valence-electron chi connectivity index (χ1n) is 14.5. The predicted molar refractivity (Wildman–Crippen MR) is 161 cm³/mol. The Morgan fingerprint density at radius 2 is 1.81 bits per heavy atom. The lowest BCUT2D eigenvalue weighted by atomic mass is 9.98. The van der Waals surface area contributed by atoms with E-state index in [4.69, 9.17) is 14.6 Å². The molecule has 0 saturated carbocycles. The average Bonchev–Trinajstić information content (AvgIpc) is 3.64. The quantitative estimate of drug-likeness (QED) is 0.321. The van der Waals surface area contributed by atoms with Gasteiger partial charge in [0.25, 0.3) is 12.4 Å². The molecule has 3 aliphatic rings. The summed E-state index contributed by atoms with van der Waals surface area (Å²) < 4.78 is 11.0. The molecule has 3 fully saturated rings. The van der Waals surface area contributed by atoms with Crippen LogP contribution in [0.3, 0.4) is 0 Å². The van der Waals surface area contributed by atoms with E-state index in [-0.39, 0.29) is 5.91 Å². The maximum Gasteiger partial charge on any atom is 0.292 e. The van der Waals surface area contributed by atoms with Gasteiger partial charge in [0.2, 0.25) is 0 Å². The minimum Gasteiger partial charge on any atom is -0.471 e. The Bertz CT molecular complexity index is 1580. The molecule has 0 unspecified atom stereocenters. The molecular weight excluding hydrogens is 550 g/mol. The molecular formula is C30H37N9O4. The molecule has 0 spiro atoms. The number of anilines is 2. The highest BCUT2D eigenvalue weighted by Gasteiger charge is 2.29. The molecule has 0 bridgehead atoms. The van der Waals surface area contributed by atoms with Gasteiger partial charge >= 0.3 is 0 Å². The van der Waals surface area contributed by atoms with Crippen LogP contribution in [0.1, 0.15) is 27.5 Å². The van der Waals surface area contributed by atoms with Crippen molar-refractivity contribution in [2.75, 3.05) is 76.9 Å². The molecule has 226 valence electrons. The molecule has 13 nitrogen and oxygen atoms in total. The lowest BCUT2D eigenvalue weighted by molar-refractivity contribution is -0.126. The van der Waals surface area contributed by atoms with Crippen molar-refractivity contribution in [1.29, 1.82) is 0 Å². The second kappa shape index (κ2) is 12.5. The Morgan fingerprint density at radius 1 is 1.05 bits per heavy atom. The van der Waals surface area contributed by atoms with Gasteiger partial charge in [0.05, 0.1) is 61.2 Å². The number of amides is 1. The molecule has 0 radical (unpaired) electrons. The number of aryl methyl sites for hydroxylation is 1. The number of hydrogen-bond donors (Lipinski definition) is 1. The summed E-state index contributed by atoms with van der Waals surface area (Å²) in [5.41, 5.74) is 5.94. The lowest BCUT2D eigenvalue weighted by Gasteiger charge is -2.43. The van der Waals surface area contributed by atoms with Gasteiger partial charge in [-0.1, -0.05) is 6.07 Å². The number of likely N-dealkylation sites (N-methyl/N-ethyl adjacent to an activating group) is 1. The molecule has 3 aliphatic heterocycles. The van der Waals surface area contributed by atoms with Gasteiger partial charge in [0, 0.05) is 62.8 Å². The van der Waals surface area contributed by atoms with Crippen LogP contribution in [-0.4, -0.2) is 119 Å². The van der Waals surface area contributed by atoms with Gasteiger partial charge in [-0.05, 0) is 43.8 Å². The van der Waals surface area contributed by atoms with E-state index in [1.165, 1.54) is 7.11 Å². The summed E-state index contributed by atoms with van der Waals surface area (Å²) in [6.45, 7) is 10.0. The number of pyridine rings is 1. The molecule has 3 saturated heterocycles. The van der Waals surface area contributed by atoms with E-state index < -0.39 is 0 Å². The number of nitrogens with one attached hydrogen (secondary N) is 1. The maximum absolute atomic E-state index is 13.5. The van der Waals surface area contributed by atoms with Crippen LogP contribution in [0.2, 0.25) is 0 Å². The van der Waals surface area contributed by atoms with Crippen molar-refractivity contribution >= 4 is 29.3 Å². The topological polar surface area (TPSA) is 122 Å². The van der Waals surface area contributed by atoms with Crippen LogP contribution in [0, 0.1) is 6.92 Å². The zero-order valence-corrected chi connectivity index (χ0v) is 24.7. The van der Waals surface area contributed by atoms with Gasteiger partial charge in [0.15, 0.2) is 0 Å². The Kier molecular flexibility index (Phi) is 8.36. The number of carbonyl (C=O) groups excluding carboxylic acids is 2. The monoisotopic (exact) mass is 587 g/mol. The molecule has 4 aromatic rings. The van der Waals surface area contributed by atoms with Crippen molar-refractivity contribution < 1.29 is 19.1 Å². The van der Waals surface area contributed by atoms with Crippen LogP contribution in [0.25, 0.3) is 11.2 Å². The van der Waals surface area contributed by atoms with Gasteiger partial charge < -0.3 is 24.6 Å². The molecule has 3 aromatic heterocycles. The summed E-state index contributed by atoms with van der Waals surface area (Å²) in [4.78, 5) is 31.2. The SMILES string of the molecule is COC=O.Cc1ccc(-n2ncc(C3CN(C)C3)n2)cc1NC(=O)c1cnn2ccc(N3CCN(C4COC4)CC3)cc12. The number of methoxy groups -OCH3 is 1. The van der Waals surface area contributed by atoms with Gasteiger partial charge in [-0.15, -0.1) is 0 Å². The van der Waals surface area contributed by atoms with Gasteiger partial charge in [0.1, 0.15) is 0 Å². The molecule has 7 rings (SSSR count). The van der Waals surface area contributed by atoms with E-state index in [9.17, 15) is 4.79 Å². The van der Waals surface area contributed by atoms with E-state index in [2.05, 4.69) is 54.1 Å². The third kappa shape index (κ3) is 6.10. The smallest absolute Gasteiger partial charge is 0.292 e. The van der Waals surface area contributed by atoms with Gasteiger partial charge in [-0.25, -0.2) is 4.52 Å². The number of ether oxygens (including phenoxy) is 2. The van der Waals surface area contributed by atoms with Crippen molar-refractivity contribution in [3.05, 3.63) is 65.7 Å². The Morgan fingerprint density at radius 3 is 2.49 bits per heavy atom. The van der Waals surface area contributed by atoms with Crippen molar-refractivity contribution in [3.63, 3.8) is 0 Å². The normalized spacial score (nSPS) is 18.0. The number of aromatic nitrogens is 5. The fraction of sp³-hybridized carbons (Fsp3) is 0.433. The van der Waals surface area contributed by atoms with Crippen LogP contribution in [-0.2, 0) is 14.3 Å². The zero-order valence-electron chi connectivity index (χ0n) is 24.7. The highest BCUT2D eigenvalue weighted by molar-refractivity contribution is 6.09. The molecule has 0 aliphatic carbocycles. The summed E-state index contributed by atoms with van der Waals surface area (Å²) in [5, 5.41) is 16.7. The van der Waals surface area contributed by atoms with Crippen molar-refractivity contribution in [3.8, 4) is 5.69 Å².